The van der Waals surface area contributed by atoms with Crippen LogP contribution in [-0.2, 0) is 21.7 Å². The van der Waals surface area contributed by atoms with Gasteiger partial charge in [-0.3, -0.25) is 0 Å². The molecule has 0 radical (unpaired) electrons. The molecule has 0 unspecified atom stereocenters. The number of phenolic OH excluding ortho intramolecular Hbond substituents is 2. The fraction of sp³-hybridized carbons (Fsp3) is 0.395. The Morgan fingerprint density at radius 1 is 0.422 bits per heavy atom. The van der Waals surface area contributed by atoms with Crippen molar-refractivity contribution in [1.82, 2.24) is 0 Å². The Hall–Kier alpha value is -3.96. The van der Waals surface area contributed by atoms with E-state index in [1.165, 1.54) is 0 Å². The molecule has 4 rings (SSSR count). The van der Waals surface area contributed by atoms with Gasteiger partial charge in [-0.05, 0) is 98.9 Å². The van der Waals surface area contributed by atoms with Crippen LogP contribution in [-0.4, -0.2) is 10.2 Å². The molecule has 236 valence electrons. The summed E-state index contributed by atoms with van der Waals surface area (Å²) in [6, 6.07) is 23.4. The number of hydrogen-bond donors (Lipinski definition) is 2. The van der Waals surface area contributed by atoms with Crippen molar-refractivity contribution in [2.45, 2.75) is 112 Å². The molecule has 0 saturated carbocycles. The molecule has 2 nitrogen and oxygen atoms in total. The monoisotopic (exact) mass is 600 g/mol. The normalized spacial score (nSPS) is 12.6. The first kappa shape index (κ1) is 33.9. The Morgan fingerprint density at radius 2 is 0.778 bits per heavy atom. The zero-order chi connectivity index (χ0) is 33.7. The van der Waals surface area contributed by atoms with Crippen LogP contribution >= 0.6 is 0 Å². The highest BCUT2D eigenvalue weighted by Crippen LogP contribution is 2.43. The minimum absolute atomic E-state index is 0.180. The first-order valence-electron chi connectivity index (χ1n) is 16.1. The molecule has 0 bridgehead atoms. The molecule has 0 atom stereocenters. The second-order valence-corrected chi connectivity index (χ2v) is 16.7. The van der Waals surface area contributed by atoms with E-state index in [4.69, 9.17) is 0 Å². The van der Waals surface area contributed by atoms with E-state index in [0.717, 1.165) is 61.2 Å². The average molecular weight is 601 g/mol. The van der Waals surface area contributed by atoms with Gasteiger partial charge in [0.1, 0.15) is 11.5 Å². The van der Waals surface area contributed by atoms with Gasteiger partial charge in [-0.25, -0.2) is 0 Å². The van der Waals surface area contributed by atoms with Gasteiger partial charge < -0.3 is 10.2 Å². The molecule has 0 aliphatic carbocycles. The predicted molar refractivity (Wildman–Crippen MR) is 193 cm³/mol. The SMILES string of the molecule is Cc1ccc(-c2cc(C(C)(C)C)c(O)c(C(C)(C)C)c2)cc1C#Cc1ccc(-c2cc(C(C)(C)C)c(O)c(C(C)(C)C)c2)cc1. The van der Waals surface area contributed by atoms with Crippen molar-refractivity contribution in [3.63, 3.8) is 0 Å². The van der Waals surface area contributed by atoms with E-state index >= 15 is 0 Å². The zero-order valence-electron chi connectivity index (χ0n) is 29.7. The van der Waals surface area contributed by atoms with E-state index in [1.807, 2.05) is 0 Å². The van der Waals surface area contributed by atoms with Crippen LogP contribution in [0.1, 0.15) is 122 Å². The number of aryl methyl sites for hydroxylation is 1. The van der Waals surface area contributed by atoms with Gasteiger partial charge >= 0.3 is 0 Å². The maximum atomic E-state index is 11.2. The summed E-state index contributed by atoms with van der Waals surface area (Å²) in [6.45, 7) is 27.8. The Balaban J connectivity index is 1.73. The standard InChI is InChI=1S/C43H52O2/c1-27-14-18-31(33-25-36(42(8,9)10)39(45)37(26-33)43(11,12)13)22-30(27)21-17-28-15-19-29(20-16-28)32-23-34(40(2,3)4)38(44)35(24-32)41(5,6)7/h14-16,18-20,22-26,44-45H,1-13H3. The summed E-state index contributed by atoms with van der Waals surface area (Å²) >= 11 is 0. The molecule has 2 heteroatoms. The fourth-order valence-corrected chi connectivity index (χ4v) is 5.71. The lowest BCUT2D eigenvalue weighted by atomic mass is 9.77. The van der Waals surface area contributed by atoms with Crippen LogP contribution < -0.4 is 0 Å². The van der Waals surface area contributed by atoms with Gasteiger partial charge in [0, 0.05) is 33.4 Å². The summed E-state index contributed by atoms with van der Waals surface area (Å²) in [6.07, 6.45) is 0. The molecule has 0 aliphatic heterocycles. The number of hydrogen-bond acceptors (Lipinski definition) is 2. The van der Waals surface area contributed by atoms with Crippen LogP contribution in [0.2, 0.25) is 0 Å². The van der Waals surface area contributed by atoms with Crippen molar-refractivity contribution >= 4 is 0 Å². The number of aromatic hydroxyl groups is 2. The van der Waals surface area contributed by atoms with Crippen LogP contribution in [0.4, 0.5) is 0 Å². The van der Waals surface area contributed by atoms with E-state index in [2.05, 4.69) is 169 Å². The highest BCUT2D eigenvalue weighted by atomic mass is 16.3. The van der Waals surface area contributed by atoms with E-state index in [1.54, 1.807) is 0 Å². The van der Waals surface area contributed by atoms with Crippen molar-refractivity contribution in [3.8, 4) is 45.6 Å². The maximum Gasteiger partial charge on any atom is 0.123 e. The Kier molecular flexibility index (Phi) is 8.86. The third-order valence-corrected chi connectivity index (χ3v) is 8.58. The molecule has 0 spiro atoms. The van der Waals surface area contributed by atoms with Crippen LogP contribution in [0.3, 0.4) is 0 Å². The fourth-order valence-electron chi connectivity index (χ4n) is 5.71. The third-order valence-electron chi connectivity index (χ3n) is 8.58. The number of benzene rings is 4. The van der Waals surface area contributed by atoms with Gasteiger partial charge in [-0.1, -0.05) is 119 Å². The summed E-state index contributed by atoms with van der Waals surface area (Å²) < 4.78 is 0. The Morgan fingerprint density at radius 3 is 1.16 bits per heavy atom. The van der Waals surface area contributed by atoms with E-state index in [-0.39, 0.29) is 21.7 Å². The van der Waals surface area contributed by atoms with Crippen LogP contribution in [0.5, 0.6) is 11.5 Å². The van der Waals surface area contributed by atoms with Gasteiger partial charge in [-0.15, -0.1) is 0 Å². The zero-order valence-corrected chi connectivity index (χ0v) is 29.7. The van der Waals surface area contributed by atoms with Gasteiger partial charge in [-0.2, -0.15) is 0 Å². The Labute approximate surface area is 272 Å². The molecule has 4 aromatic carbocycles. The van der Waals surface area contributed by atoms with Crippen molar-refractivity contribution in [1.29, 1.82) is 0 Å². The van der Waals surface area contributed by atoms with Crippen molar-refractivity contribution in [3.05, 3.63) is 106 Å². The van der Waals surface area contributed by atoms with Crippen LogP contribution in [0, 0.1) is 18.8 Å². The number of rotatable bonds is 2. The van der Waals surface area contributed by atoms with Gasteiger partial charge in [0.2, 0.25) is 0 Å². The van der Waals surface area contributed by atoms with Gasteiger partial charge in [0.25, 0.3) is 0 Å². The predicted octanol–water partition coefficient (Wildman–Crippen LogP) is 11.3. The highest BCUT2D eigenvalue weighted by molar-refractivity contribution is 5.72. The topological polar surface area (TPSA) is 40.5 Å². The van der Waals surface area contributed by atoms with E-state index in [9.17, 15) is 10.2 Å². The highest BCUT2D eigenvalue weighted by Gasteiger charge is 2.28. The number of phenols is 2. The first-order chi connectivity index (χ1) is 20.6. The smallest absolute Gasteiger partial charge is 0.123 e. The summed E-state index contributed by atoms with van der Waals surface area (Å²) in [5, 5.41) is 22.4. The first-order valence-corrected chi connectivity index (χ1v) is 16.1. The van der Waals surface area contributed by atoms with Crippen LogP contribution in [0.25, 0.3) is 22.3 Å². The quantitative estimate of drug-likeness (QED) is 0.225. The molecule has 0 fully saturated rings. The molecular formula is C43H52O2. The average Bonchev–Trinajstić information content (AvgIpc) is 2.90. The van der Waals surface area contributed by atoms with E-state index in [0.29, 0.717) is 11.5 Å². The molecule has 0 aliphatic rings. The third kappa shape index (κ3) is 7.48. The Bertz CT molecular complexity index is 1710. The lowest BCUT2D eigenvalue weighted by Gasteiger charge is -2.28. The van der Waals surface area contributed by atoms with E-state index < -0.39 is 0 Å². The largest absolute Gasteiger partial charge is 0.507 e. The molecule has 0 aromatic heterocycles. The summed E-state index contributed by atoms with van der Waals surface area (Å²) in [7, 11) is 0. The van der Waals surface area contributed by atoms with Crippen molar-refractivity contribution in [2.75, 3.05) is 0 Å². The van der Waals surface area contributed by atoms with Crippen molar-refractivity contribution in [2.24, 2.45) is 0 Å². The molecule has 0 saturated heterocycles. The van der Waals surface area contributed by atoms with Crippen molar-refractivity contribution < 1.29 is 10.2 Å². The summed E-state index contributed by atoms with van der Waals surface area (Å²) in [5.74, 6) is 7.62. The second-order valence-electron chi connectivity index (χ2n) is 16.7. The van der Waals surface area contributed by atoms with Gasteiger partial charge in [0.05, 0.1) is 0 Å². The molecule has 4 aromatic rings. The second kappa shape index (κ2) is 11.8. The molecule has 2 N–H and O–H groups in total. The molecule has 0 amide bonds. The lowest BCUT2D eigenvalue weighted by molar-refractivity contribution is 0.422. The lowest BCUT2D eigenvalue weighted by Crippen LogP contribution is -2.17. The van der Waals surface area contributed by atoms with Gasteiger partial charge in [0.15, 0.2) is 0 Å². The maximum absolute atomic E-state index is 11.2. The summed E-state index contributed by atoms with van der Waals surface area (Å²) in [5.41, 5.74) is 10.5. The molecule has 45 heavy (non-hydrogen) atoms. The minimum atomic E-state index is -0.192. The summed E-state index contributed by atoms with van der Waals surface area (Å²) in [4.78, 5) is 0. The molecule has 0 heterocycles. The molecular weight excluding hydrogens is 548 g/mol. The minimum Gasteiger partial charge on any atom is -0.507 e. The van der Waals surface area contributed by atoms with Crippen LogP contribution in [0.15, 0.2) is 66.7 Å².